The Balaban J connectivity index is 1.63. The maximum Gasteiger partial charge on any atom is 0.241 e. The lowest BCUT2D eigenvalue weighted by Gasteiger charge is -2.09. The zero-order valence-electron chi connectivity index (χ0n) is 11.1. The van der Waals surface area contributed by atoms with Gasteiger partial charge in [-0.05, 0) is 18.8 Å². The molecule has 8 heteroatoms. The van der Waals surface area contributed by atoms with E-state index in [9.17, 15) is 0 Å². The second-order valence-corrected chi connectivity index (χ2v) is 4.73. The van der Waals surface area contributed by atoms with E-state index in [0.29, 0.717) is 17.8 Å². The lowest BCUT2D eigenvalue weighted by Crippen LogP contribution is -2.14. The van der Waals surface area contributed by atoms with E-state index in [-0.39, 0.29) is 5.95 Å². The molecular formula is C12H17N7O. The van der Waals surface area contributed by atoms with Crippen LogP contribution in [0.3, 0.4) is 0 Å². The van der Waals surface area contributed by atoms with Crippen LogP contribution in [0.5, 0.6) is 0 Å². The highest BCUT2D eigenvalue weighted by molar-refractivity contribution is 5.34. The predicted molar refractivity (Wildman–Crippen MR) is 73.4 cm³/mol. The maximum absolute atomic E-state index is 5.70. The Morgan fingerprint density at radius 2 is 2.35 bits per heavy atom. The number of nitrogens with two attached hydrogens (primary N) is 1. The Bertz CT molecular complexity index is 551. The average Bonchev–Trinajstić information content (AvgIpc) is 3.11. The summed E-state index contributed by atoms with van der Waals surface area (Å²) in [6.45, 7) is 2.51. The molecule has 1 aliphatic rings. The fourth-order valence-corrected chi connectivity index (χ4v) is 2.15. The summed E-state index contributed by atoms with van der Waals surface area (Å²) < 4.78 is 7.04. The lowest BCUT2D eigenvalue weighted by atomic mass is 10.1. The Kier molecular flexibility index (Phi) is 3.73. The average molecular weight is 275 g/mol. The largest absolute Gasteiger partial charge is 0.381 e. The highest BCUT2D eigenvalue weighted by Gasteiger charge is 2.15. The first-order valence-corrected chi connectivity index (χ1v) is 6.63. The third kappa shape index (κ3) is 3.02. The SMILES string of the molecule is Nc1nc(NCCC2CCOC2)nc(-n2ccnc2)n1. The normalized spacial score (nSPS) is 18.3. The van der Waals surface area contributed by atoms with Gasteiger partial charge in [-0.15, -0.1) is 0 Å². The van der Waals surface area contributed by atoms with Crippen LogP contribution < -0.4 is 11.1 Å². The number of hydrogen-bond acceptors (Lipinski definition) is 7. The number of nitrogens with one attached hydrogen (secondary N) is 1. The van der Waals surface area contributed by atoms with E-state index < -0.39 is 0 Å². The minimum absolute atomic E-state index is 0.190. The van der Waals surface area contributed by atoms with E-state index in [1.165, 1.54) is 0 Å². The summed E-state index contributed by atoms with van der Waals surface area (Å²) in [5.41, 5.74) is 5.70. The Labute approximate surface area is 116 Å². The first-order chi connectivity index (χ1) is 9.81. The molecular weight excluding hydrogens is 258 g/mol. The topological polar surface area (TPSA) is 104 Å². The molecule has 0 spiro atoms. The summed E-state index contributed by atoms with van der Waals surface area (Å²) in [6, 6.07) is 0. The minimum atomic E-state index is 0.190. The molecule has 3 heterocycles. The van der Waals surface area contributed by atoms with Crippen molar-refractivity contribution in [3.8, 4) is 5.95 Å². The van der Waals surface area contributed by atoms with Crippen molar-refractivity contribution < 1.29 is 4.74 Å². The predicted octanol–water partition coefficient (Wildman–Crippen LogP) is 0.478. The van der Waals surface area contributed by atoms with Crippen LogP contribution >= 0.6 is 0 Å². The number of aromatic nitrogens is 5. The van der Waals surface area contributed by atoms with Crippen molar-refractivity contribution in [2.75, 3.05) is 30.8 Å². The number of nitrogen functional groups attached to an aromatic ring is 1. The van der Waals surface area contributed by atoms with E-state index in [4.69, 9.17) is 10.5 Å². The van der Waals surface area contributed by atoms with Gasteiger partial charge in [-0.3, -0.25) is 4.57 Å². The molecule has 8 nitrogen and oxygen atoms in total. The van der Waals surface area contributed by atoms with Gasteiger partial charge in [0.15, 0.2) is 0 Å². The van der Waals surface area contributed by atoms with Gasteiger partial charge in [0.2, 0.25) is 17.8 Å². The Hall–Kier alpha value is -2.22. The number of rotatable bonds is 5. The molecule has 20 heavy (non-hydrogen) atoms. The summed E-state index contributed by atoms with van der Waals surface area (Å²) >= 11 is 0. The van der Waals surface area contributed by atoms with Gasteiger partial charge in [-0.25, -0.2) is 4.98 Å². The fraction of sp³-hybridized carbons (Fsp3) is 0.500. The maximum atomic E-state index is 5.70. The first kappa shape index (κ1) is 12.8. The fourth-order valence-electron chi connectivity index (χ4n) is 2.15. The summed E-state index contributed by atoms with van der Waals surface area (Å²) in [5.74, 6) is 1.76. The standard InChI is InChI=1S/C12H17N7O/c13-10-16-11(15-3-1-9-2-6-20-7-9)18-12(17-10)19-5-4-14-8-19/h4-5,8-9H,1-3,6-7H2,(H3,13,15,16,17,18). The summed E-state index contributed by atoms with van der Waals surface area (Å²) in [6.07, 6.45) is 7.20. The van der Waals surface area contributed by atoms with Gasteiger partial charge in [-0.2, -0.15) is 15.0 Å². The summed E-state index contributed by atoms with van der Waals surface area (Å²) in [7, 11) is 0. The van der Waals surface area contributed by atoms with Gasteiger partial charge in [0.1, 0.15) is 6.33 Å². The van der Waals surface area contributed by atoms with E-state index in [2.05, 4.69) is 25.3 Å². The molecule has 1 unspecified atom stereocenters. The number of anilines is 2. The van der Waals surface area contributed by atoms with Crippen molar-refractivity contribution in [3.05, 3.63) is 18.7 Å². The van der Waals surface area contributed by atoms with Crippen LogP contribution in [-0.4, -0.2) is 44.3 Å². The van der Waals surface area contributed by atoms with Gasteiger partial charge in [0.05, 0.1) is 0 Å². The molecule has 2 aromatic rings. The van der Waals surface area contributed by atoms with Crippen molar-refractivity contribution in [1.29, 1.82) is 0 Å². The third-order valence-corrected chi connectivity index (χ3v) is 3.24. The highest BCUT2D eigenvalue weighted by atomic mass is 16.5. The number of imidazole rings is 1. The van der Waals surface area contributed by atoms with Crippen LogP contribution in [0.1, 0.15) is 12.8 Å². The first-order valence-electron chi connectivity index (χ1n) is 6.63. The van der Waals surface area contributed by atoms with Crippen LogP contribution in [-0.2, 0) is 4.74 Å². The molecule has 1 fully saturated rings. The van der Waals surface area contributed by atoms with Gasteiger partial charge in [-0.1, -0.05) is 0 Å². The van der Waals surface area contributed by atoms with Crippen LogP contribution in [0.4, 0.5) is 11.9 Å². The van der Waals surface area contributed by atoms with Crippen LogP contribution in [0.2, 0.25) is 0 Å². The molecule has 106 valence electrons. The monoisotopic (exact) mass is 275 g/mol. The summed E-state index contributed by atoms with van der Waals surface area (Å²) in [4.78, 5) is 16.4. The van der Waals surface area contributed by atoms with E-state index >= 15 is 0 Å². The van der Waals surface area contributed by atoms with E-state index in [1.807, 2.05) is 0 Å². The van der Waals surface area contributed by atoms with Crippen molar-refractivity contribution in [3.63, 3.8) is 0 Å². The molecule has 2 aromatic heterocycles. The molecule has 1 atom stereocenters. The van der Waals surface area contributed by atoms with Crippen LogP contribution in [0, 0.1) is 5.92 Å². The molecule has 3 rings (SSSR count). The molecule has 0 bridgehead atoms. The van der Waals surface area contributed by atoms with Gasteiger partial charge in [0, 0.05) is 32.2 Å². The number of ether oxygens (including phenoxy) is 1. The van der Waals surface area contributed by atoms with Crippen molar-refractivity contribution >= 4 is 11.9 Å². The quantitative estimate of drug-likeness (QED) is 0.817. The van der Waals surface area contributed by atoms with Crippen LogP contribution in [0.25, 0.3) is 5.95 Å². The second-order valence-electron chi connectivity index (χ2n) is 4.73. The summed E-state index contributed by atoms with van der Waals surface area (Å²) in [5, 5.41) is 3.18. The second kappa shape index (κ2) is 5.83. The van der Waals surface area contributed by atoms with Gasteiger partial charge >= 0.3 is 0 Å². The lowest BCUT2D eigenvalue weighted by molar-refractivity contribution is 0.185. The molecule has 0 aliphatic carbocycles. The van der Waals surface area contributed by atoms with Gasteiger partial charge < -0.3 is 15.8 Å². The molecule has 1 saturated heterocycles. The molecule has 0 saturated carbocycles. The minimum Gasteiger partial charge on any atom is -0.381 e. The third-order valence-electron chi connectivity index (χ3n) is 3.24. The highest BCUT2D eigenvalue weighted by Crippen LogP contribution is 2.16. The van der Waals surface area contributed by atoms with Crippen LogP contribution in [0.15, 0.2) is 18.7 Å². The van der Waals surface area contributed by atoms with E-state index in [1.54, 1.807) is 23.3 Å². The smallest absolute Gasteiger partial charge is 0.241 e. The molecule has 0 radical (unpaired) electrons. The van der Waals surface area contributed by atoms with Crippen molar-refractivity contribution in [1.82, 2.24) is 24.5 Å². The zero-order valence-corrected chi connectivity index (χ0v) is 11.1. The number of hydrogen-bond donors (Lipinski definition) is 2. The Morgan fingerprint density at radius 3 is 3.10 bits per heavy atom. The molecule has 1 aliphatic heterocycles. The molecule has 0 aromatic carbocycles. The Morgan fingerprint density at radius 1 is 1.40 bits per heavy atom. The zero-order chi connectivity index (χ0) is 13.8. The van der Waals surface area contributed by atoms with Crippen molar-refractivity contribution in [2.24, 2.45) is 5.92 Å². The van der Waals surface area contributed by atoms with Crippen molar-refractivity contribution in [2.45, 2.75) is 12.8 Å². The molecule has 0 amide bonds. The van der Waals surface area contributed by atoms with Gasteiger partial charge in [0.25, 0.3) is 0 Å². The number of nitrogens with zero attached hydrogens (tertiary/aromatic N) is 5. The molecule has 3 N–H and O–H groups in total. The van der Waals surface area contributed by atoms with E-state index in [0.717, 1.165) is 32.6 Å².